The fourth-order valence-corrected chi connectivity index (χ4v) is 2.17. The Bertz CT molecular complexity index is 382. The highest BCUT2D eigenvalue weighted by Gasteiger charge is 2.18. The number of likely N-dealkylation sites (N-methyl/N-ethyl adjacent to an activating group) is 2. The molecule has 0 saturated carbocycles. The van der Waals surface area contributed by atoms with Gasteiger partial charge in [0.2, 0.25) is 0 Å². The molecule has 0 heterocycles. The summed E-state index contributed by atoms with van der Waals surface area (Å²) in [6.45, 7) is 3.81. The molecule has 1 N–H and O–H groups in total. The molecule has 19 heavy (non-hydrogen) atoms. The Morgan fingerprint density at radius 2 is 2.00 bits per heavy atom. The Hall–Kier alpha value is -1.00. The Morgan fingerprint density at radius 1 is 1.26 bits per heavy atom. The topological polar surface area (TPSA) is 15.3 Å². The van der Waals surface area contributed by atoms with Crippen LogP contribution in [0.5, 0.6) is 0 Å². The summed E-state index contributed by atoms with van der Waals surface area (Å²) in [4.78, 5) is 2.15. The van der Waals surface area contributed by atoms with Crippen molar-refractivity contribution in [2.75, 3.05) is 27.2 Å². The maximum Gasteiger partial charge on any atom is 0.163 e. The molecule has 0 spiro atoms. The van der Waals surface area contributed by atoms with Crippen molar-refractivity contribution in [1.82, 2.24) is 10.2 Å². The molecule has 0 aliphatic heterocycles. The predicted octanol–water partition coefficient (Wildman–Crippen LogP) is 3.35. The van der Waals surface area contributed by atoms with Crippen molar-refractivity contribution in [3.05, 3.63) is 35.4 Å². The quantitative estimate of drug-likeness (QED) is 0.729. The van der Waals surface area contributed by atoms with E-state index in [-0.39, 0.29) is 6.04 Å². The largest absolute Gasteiger partial charge is 0.312 e. The smallest absolute Gasteiger partial charge is 0.163 e. The molecular weight excluding hydrogens is 246 g/mol. The van der Waals surface area contributed by atoms with Crippen LogP contribution in [0.1, 0.15) is 37.8 Å². The van der Waals surface area contributed by atoms with Gasteiger partial charge in [-0.1, -0.05) is 31.9 Å². The number of halogens is 2. The Kier molecular flexibility index (Phi) is 6.95. The Labute approximate surface area is 114 Å². The zero-order valence-corrected chi connectivity index (χ0v) is 12.0. The maximum atomic E-state index is 13.8. The van der Waals surface area contributed by atoms with Gasteiger partial charge in [0.25, 0.3) is 0 Å². The van der Waals surface area contributed by atoms with Crippen LogP contribution >= 0.6 is 0 Å². The van der Waals surface area contributed by atoms with Crippen LogP contribution in [0.3, 0.4) is 0 Å². The second-order valence-electron chi connectivity index (χ2n) is 4.95. The monoisotopic (exact) mass is 270 g/mol. The van der Waals surface area contributed by atoms with E-state index in [4.69, 9.17) is 0 Å². The van der Waals surface area contributed by atoms with E-state index in [1.54, 1.807) is 19.2 Å². The summed E-state index contributed by atoms with van der Waals surface area (Å²) in [6, 6.07) is 4.15. The minimum Gasteiger partial charge on any atom is -0.312 e. The van der Waals surface area contributed by atoms with Gasteiger partial charge in [-0.2, -0.15) is 0 Å². The summed E-state index contributed by atoms with van der Waals surface area (Å²) in [5, 5.41) is 3.06. The second-order valence-corrected chi connectivity index (χ2v) is 4.95. The third-order valence-electron chi connectivity index (χ3n) is 3.34. The van der Waals surface area contributed by atoms with Crippen molar-refractivity contribution >= 4 is 0 Å². The molecule has 0 aliphatic rings. The van der Waals surface area contributed by atoms with Crippen LogP contribution in [0, 0.1) is 11.6 Å². The van der Waals surface area contributed by atoms with Gasteiger partial charge in [-0.15, -0.1) is 0 Å². The number of nitrogens with one attached hydrogen (secondary N) is 1. The number of hydrogen-bond donors (Lipinski definition) is 1. The van der Waals surface area contributed by atoms with Crippen molar-refractivity contribution in [1.29, 1.82) is 0 Å². The Morgan fingerprint density at radius 3 is 2.63 bits per heavy atom. The van der Waals surface area contributed by atoms with Crippen LogP contribution in [0.25, 0.3) is 0 Å². The van der Waals surface area contributed by atoms with Crippen LogP contribution in [0.2, 0.25) is 0 Å². The molecule has 0 aliphatic carbocycles. The van der Waals surface area contributed by atoms with E-state index >= 15 is 0 Å². The lowest BCUT2D eigenvalue weighted by atomic mass is 10.1. The molecule has 0 radical (unpaired) electrons. The molecule has 1 rings (SSSR count). The number of hydrogen-bond acceptors (Lipinski definition) is 2. The lowest BCUT2D eigenvalue weighted by molar-refractivity contribution is 0.286. The molecule has 108 valence electrons. The zero-order chi connectivity index (χ0) is 14.3. The highest BCUT2D eigenvalue weighted by atomic mass is 19.2. The van der Waals surface area contributed by atoms with E-state index in [9.17, 15) is 8.78 Å². The fraction of sp³-hybridized carbons (Fsp3) is 0.600. The van der Waals surface area contributed by atoms with Crippen molar-refractivity contribution in [2.24, 2.45) is 0 Å². The van der Waals surface area contributed by atoms with Crippen LogP contribution < -0.4 is 5.32 Å². The van der Waals surface area contributed by atoms with Gasteiger partial charge >= 0.3 is 0 Å². The summed E-state index contributed by atoms with van der Waals surface area (Å²) < 4.78 is 27.0. The minimum absolute atomic E-state index is 0.192. The van der Waals surface area contributed by atoms with E-state index in [0.29, 0.717) is 12.1 Å². The average molecular weight is 270 g/mol. The first-order chi connectivity index (χ1) is 9.10. The molecule has 1 atom stereocenters. The molecule has 0 saturated heterocycles. The maximum absolute atomic E-state index is 13.8. The number of unbranched alkanes of at least 4 members (excludes halogenated alkanes) is 2. The van der Waals surface area contributed by atoms with Crippen LogP contribution in [0.4, 0.5) is 8.78 Å². The Balaban J connectivity index is 2.64. The summed E-state index contributed by atoms with van der Waals surface area (Å²) in [5.41, 5.74) is 0.393. The summed E-state index contributed by atoms with van der Waals surface area (Å²) in [5.74, 6) is -1.53. The van der Waals surface area contributed by atoms with E-state index in [2.05, 4.69) is 17.1 Å². The third kappa shape index (κ3) is 4.88. The van der Waals surface area contributed by atoms with Crippen molar-refractivity contribution in [3.8, 4) is 0 Å². The highest BCUT2D eigenvalue weighted by molar-refractivity contribution is 5.22. The van der Waals surface area contributed by atoms with Gasteiger partial charge in [-0.05, 0) is 33.1 Å². The number of nitrogens with zero attached hydrogens (tertiary/aromatic N) is 1. The van der Waals surface area contributed by atoms with Gasteiger partial charge in [0, 0.05) is 18.2 Å². The number of benzene rings is 1. The molecule has 1 aromatic carbocycles. The van der Waals surface area contributed by atoms with Crippen LogP contribution in [0.15, 0.2) is 18.2 Å². The molecule has 0 amide bonds. The molecular formula is C15H24F2N2. The van der Waals surface area contributed by atoms with Gasteiger partial charge in [-0.25, -0.2) is 8.78 Å². The lowest BCUT2D eigenvalue weighted by Gasteiger charge is -2.24. The van der Waals surface area contributed by atoms with Gasteiger partial charge in [0.15, 0.2) is 11.6 Å². The van der Waals surface area contributed by atoms with Gasteiger partial charge in [-0.3, -0.25) is 0 Å². The zero-order valence-electron chi connectivity index (χ0n) is 12.0. The third-order valence-corrected chi connectivity index (χ3v) is 3.34. The van der Waals surface area contributed by atoms with Crippen LogP contribution in [-0.4, -0.2) is 32.1 Å². The van der Waals surface area contributed by atoms with E-state index in [1.165, 1.54) is 12.8 Å². The molecule has 0 bridgehead atoms. The standard InChI is InChI=1S/C15H24F2N2/c1-4-5-6-10-19(3)11-14(18-2)12-8-7-9-13(16)15(12)17/h7-9,14,18H,4-6,10-11H2,1-3H3. The first-order valence-corrected chi connectivity index (χ1v) is 6.89. The highest BCUT2D eigenvalue weighted by Crippen LogP contribution is 2.20. The first-order valence-electron chi connectivity index (χ1n) is 6.89. The van der Waals surface area contributed by atoms with Crippen molar-refractivity contribution in [3.63, 3.8) is 0 Å². The molecule has 1 aromatic rings. The first kappa shape index (κ1) is 16.1. The van der Waals surface area contributed by atoms with Gasteiger partial charge < -0.3 is 10.2 Å². The van der Waals surface area contributed by atoms with Gasteiger partial charge in [0.05, 0.1) is 0 Å². The number of rotatable bonds is 8. The van der Waals surface area contributed by atoms with Crippen molar-refractivity contribution < 1.29 is 8.78 Å². The normalized spacial score (nSPS) is 12.9. The van der Waals surface area contributed by atoms with Crippen molar-refractivity contribution in [2.45, 2.75) is 32.2 Å². The lowest BCUT2D eigenvalue weighted by Crippen LogP contribution is -2.32. The molecule has 4 heteroatoms. The van der Waals surface area contributed by atoms with Gasteiger partial charge in [0.1, 0.15) is 0 Å². The summed E-state index contributed by atoms with van der Waals surface area (Å²) in [7, 11) is 3.78. The van der Waals surface area contributed by atoms with Crippen LogP contribution in [-0.2, 0) is 0 Å². The summed E-state index contributed by atoms with van der Waals surface area (Å²) >= 11 is 0. The van der Waals surface area contributed by atoms with E-state index in [1.807, 2.05) is 7.05 Å². The molecule has 2 nitrogen and oxygen atoms in total. The fourth-order valence-electron chi connectivity index (χ4n) is 2.17. The summed E-state index contributed by atoms with van der Waals surface area (Å²) in [6.07, 6.45) is 3.51. The minimum atomic E-state index is -0.786. The second kappa shape index (κ2) is 8.23. The van der Waals surface area contributed by atoms with E-state index < -0.39 is 11.6 Å². The molecule has 1 unspecified atom stereocenters. The SMILES string of the molecule is CCCCCN(C)CC(NC)c1cccc(F)c1F. The molecule has 0 aromatic heterocycles. The molecule has 0 fully saturated rings. The van der Waals surface area contributed by atoms with E-state index in [0.717, 1.165) is 19.0 Å². The predicted molar refractivity (Wildman–Crippen MR) is 75.2 cm³/mol. The average Bonchev–Trinajstić information content (AvgIpc) is 2.40.